The molecule has 2 atom stereocenters. The molecular weight excluding hydrogens is 362 g/mol. The second-order valence-electron chi connectivity index (χ2n) is 8.22. The molecule has 0 saturated carbocycles. The lowest BCUT2D eigenvalue weighted by atomic mass is 10.0. The number of nitrogens with zero attached hydrogens (tertiary/aromatic N) is 1. The van der Waals surface area contributed by atoms with Gasteiger partial charge in [0.2, 0.25) is 5.91 Å². The maximum absolute atomic E-state index is 13.2. The highest BCUT2D eigenvalue weighted by molar-refractivity contribution is 5.77. The Morgan fingerprint density at radius 1 is 1.14 bits per heavy atom. The average molecular weight is 394 g/mol. The Morgan fingerprint density at radius 3 is 2.76 bits per heavy atom. The topological polar surface area (TPSA) is 38.8 Å². The third kappa shape index (κ3) is 5.06. The van der Waals surface area contributed by atoms with Crippen molar-refractivity contribution >= 4 is 5.91 Å². The van der Waals surface area contributed by atoms with E-state index in [1.54, 1.807) is 0 Å². The predicted octanol–water partition coefficient (Wildman–Crippen LogP) is 4.60. The lowest BCUT2D eigenvalue weighted by molar-refractivity contribution is -0.136. The summed E-state index contributed by atoms with van der Waals surface area (Å²) in [6.07, 6.45) is 4.82. The molecule has 2 aromatic rings. The summed E-state index contributed by atoms with van der Waals surface area (Å²) in [6.45, 7) is 4.61. The minimum atomic E-state index is 0.151. The van der Waals surface area contributed by atoms with Crippen LogP contribution < -0.4 is 0 Å². The predicted molar refractivity (Wildman–Crippen MR) is 114 cm³/mol. The van der Waals surface area contributed by atoms with Crippen LogP contribution in [0.15, 0.2) is 48.5 Å². The van der Waals surface area contributed by atoms with E-state index in [9.17, 15) is 4.79 Å². The lowest BCUT2D eigenvalue weighted by Crippen LogP contribution is -2.34. The molecule has 4 heteroatoms. The molecule has 0 radical (unpaired) electrons. The van der Waals surface area contributed by atoms with Gasteiger partial charge >= 0.3 is 0 Å². The Labute approximate surface area is 173 Å². The Balaban J connectivity index is 1.42. The van der Waals surface area contributed by atoms with Crippen molar-refractivity contribution in [1.82, 2.24) is 4.90 Å². The molecule has 0 N–H and O–H groups in total. The second kappa shape index (κ2) is 9.55. The van der Waals surface area contributed by atoms with Crippen molar-refractivity contribution < 1.29 is 14.3 Å². The van der Waals surface area contributed by atoms with Crippen LogP contribution in [0, 0.1) is 6.92 Å². The van der Waals surface area contributed by atoms with E-state index in [1.807, 2.05) is 0 Å². The molecule has 1 aliphatic heterocycles. The Kier molecular flexibility index (Phi) is 6.63. The highest BCUT2D eigenvalue weighted by atomic mass is 16.5. The molecule has 1 fully saturated rings. The second-order valence-corrected chi connectivity index (χ2v) is 8.22. The van der Waals surface area contributed by atoms with Crippen LogP contribution >= 0.6 is 0 Å². The fourth-order valence-corrected chi connectivity index (χ4v) is 4.41. The van der Waals surface area contributed by atoms with Crippen molar-refractivity contribution in [3.8, 4) is 0 Å². The summed E-state index contributed by atoms with van der Waals surface area (Å²) in [5.41, 5.74) is 5.08. The first-order valence-electron chi connectivity index (χ1n) is 10.8. The van der Waals surface area contributed by atoms with Crippen LogP contribution in [0.25, 0.3) is 0 Å². The van der Waals surface area contributed by atoms with Gasteiger partial charge in [0.05, 0.1) is 31.8 Å². The van der Waals surface area contributed by atoms with Crippen molar-refractivity contribution in [3.63, 3.8) is 0 Å². The number of aryl methyl sites for hydroxylation is 2. The maximum atomic E-state index is 13.2. The van der Waals surface area contributed by atoms with E-state index in [-0.39, 0.29) is 18.1 Å². The first kappa shape index (κ1) is 20.1. The largest absolute Gasteiger partial charge is 0.378 e. The molecule has 1 saturated heterocycles. The number of carbonyl (C=O) groups is 1. The van der Waals surface area contributed by atoms with Gasteiger partial charge in [-0.05, 0) is 49.3 Å². The number of hydrogen-bond donors (Lipinski definition) is 0. The Bertz CT molecular complexity index is 811. The molecule has 0 spiro atoms. The van der Waals surface area contributed by atoms with Gasteiger partial charge in [0.25, 0.3) is 0 Å². The van der Waals surface area contributed by atoms with Crippen molar-refractivity contribution in [2.45, 2.75) is 57.7 Å². The van der Waals surface area contributed by atoms with Crippen LogP contribution in [-0.4, -0.2) is 36.7 Å². The van der Waals surface area contributed by atoms with Crippen LogP contribution in [0.5, 0.6) is 0 Å². The van der Waals surface area contributed by atoms with E-state index in [0.29, 0.717) is 26.2 Å². The molecule has 4 rings (SSSR count). The molecule has 2 aromatic carbocycles. The summed E-state index contributed by atoms with van der Waals surface area (Å²) in [5.74, 6) is 0.166. The van der Waals surface area contributed by atoms with E-state index in [0.717, 1.165) is 32.3 Å². The van der Waals surface area contributed by atoms with Crippen molar-refractivity contribution in [3.05, 3.63) is 70.8 Å². The fourth-order valence-electron chi connectivity index (χ4n) is 4.41. The van der Waals surface area contributed by atoms with E-state index >= 15 is 0 Å². The third-order valence-corrected chi connectivity index (χ3v) is 6.06. The summed E-state index contributed by atoms with van der Waals surface area (Å²) in [5, 5.41) is 0. The standard InChI is InChI=1S/C25H31NO3/c1-19-8-10-20(11-9-19)17-26(24-13-12-21-5-2-3-7-23(21)24)25(27)14-16-28-18-22-6-4-15-29-22/h2-3,5,7-11,22,24H,4,6,12-18H2,1H3. The number of amides is 1. The zero-order valence-corrected chi connectivity index (χ0v) is 17.3. The normalized spacial score (nSPS) is 20.6. The summed E-state index contributed by atoms with van der Waals surface area (Å²) in [4.78, 5) is 15.3. The van der Waals surface area contributed by atoms with Crippen LogP contribution in [0.1, 0.15) is 54.0 Å². The molecule has 0 bridgehead atoms. The lowest BCUT2D eigenvalue weighted by Gasteiger charge is -2.30. The van der Waals surface area contributed by atoms with Crippen molar-refractivity contribution in [1.29, 1.82) is 0 Å². The highest BCUT2D eigenvalue weighted by Crippen LogP contribution is 2.36. The van der Waals surface area contributed by atoms with Gasteiger partial charge in [0, 0.05) is 13.2 Å². The molecule has 1 heterocycles. The van der Waals surface area contributed by atoms with Crippen LogP contribution in [-0.2, 0) is 27.2 Å². The smallest absolute Gasteiger partial charge is 0.225 e. The first-order chi connectivity index (χ1) is 14.2. The molecule has 1 amide bonds. The van der Waals surface area contributed by atoms with Gasteiger partial charge in [0.15, 0.2) is 0 Å². The van der Waals surface area contributed by atoms with Gasteiger partial charge < -0.3 is 14.4 Å². The number of rotatable bonds is 8. The number of fused-ring (bicyclic) bond motifs is 1. The van der Waals surface area contributed by atoms with Gasteiger partial charge in [-0.25, -0.2) is 0 Å². The molecule has 29 heavy (non-hydrogen) atoms. The zero-order chi connectivity index (χ0) is 20.1. The van der Waals surface area contributed by atoms with Crippen molar-refractivity contribution in [2.75, 3.05) is 19.8 Å². The fraction of sp³-hybridized carbons (Fsp3) is 0.480. The van der Waals surface area contributed by atoms with Crippen LogP contribution in [0.3, 0.4) is 0 Å². The van der Waals surface area contributed by atoms with E-state index in [1.165, 1.54) is 22.3 Å². The van der Waals surface area contributed by atoms with Crippen LogP contribution in [0.2, 0.25) is 0 Å². The van der Waals surface area contributed by atoms with Gasteiger partial charge in [-0.3, -0.25) is 4.79 Å². The minimum Gasteiger partial charge on any atom is -0.378 e. The summed E-state index contributed by atoms with van der Waals surface area (Å²) in [7, 11) is 0. The molecular formula is C25H31NO3. The summed E-state index contributed by atoms with van der Waals surface area (Å²) >= 11 is 0. The monoisotopic (exact) mass is 393 g/mol. The van der Waals surface area contributed by atoms with Gasteiger partial charge in [0.1, 0.15) is 0 Å². The number of benzene rings is 2. The highest BCUT2D eigenvalue weighted by Gasteiger charge is 2.30. The number of carbonyl (C=O) groups excluding carboxylic acids is 1. The molecule has 0 aromatic heterocycles. The molecule has 154 valence electrons. The Hall–Kier alpha value is -2.17. The average Bonchev–Trinajstić information content (AvgIpc) is 3.40. The first-order valence-corrected chi connectivity index (χ1v) is 10.8. The van der Waals surface area contributed by atoms with E-state index in [4.69, 9.17) is 9.47 Å². The Morgan fingerprint density at radius 2 is 1.97 bits per heavy atom. The maximum Gasteiger partial charge on any atom is 0.225 e. The SMILES string of the molecule is Cc1ccc(CN(C(=O)CCOCC2CCCO2)C2CCc3ccccc32)cc1. The molecule has 2 unspecified atom stereocenters. The van der Waals surface area contributed by atoms with Gasteiger partial charge in [-0.2, -0.15) is 0 Å². The van der Waals surface area contributed by atoms with Crippen LogP contribution in [0.4, 0.5) is 0 Å². The molecule has 1 aliphatic carbocycles. The summed E-state index contributed by atoms with van der Waals surface area (Å²) in [6, 6.07) is 17.2. The zero-order valence-electron chi connectivity index (χ0n) is 17.3. The van der Waals surface area contributed by atoms with Gasteiger partial charge in [-0.1, -0.05) is 54.1 Å². The molecule has 2 aliphatic rings. The molecule has 4 nitrogen and oxygen atoms in total. The quantitative estimate of drug-likeness (QED) is 0.616. The van der Waals surface area contributed by atoms with Gasteiger partial charge in [-0.15, -0.1) is 0 Å². The third-order valence-electron chi connectivity index (χ3n) is 6.06. The van der Waals surface area contributed by atoms with Crippen molar-refractivity contribution in [2.24, 2.45) is 0 Å². The van der Waals surface area contributed by atoms with E-state index in [2.05, 4.69) is 60.4 Å². The van der Waals surface area contributed by atoms with E-state index < -0.39 is 0 Å². The number of hydrogen-bond acceptors (Lipinski definition) is 3. The minimum absolute atomic E-state index is 0.151. The summed E-state index contributed by atoms with van der Waals surface area (Å²) < 4.78 is 11.4. The number of ether oxygens (including phenoxy) is 2.